The average molecular weight is 330 g/mol. The van der Waals surface area contributed by atoms with E-state index in [1.165, 1.54) is 19.2 Å². The van der Waals surface area contributed by atoms with E-state index in [1.807, 2.05) is 0 Å². The fourth-order valence-corrected chi connectivity index (χ4v) is 2.03. The van der Waals surface area contributed by atoms with Crippen molar-refractivity contribution in [2.75, 3.05) is 7.11 Å². The van der Waals surface area contributed by atoms with E-state index < -0.39 is 12.6 Å². The molecule has 1 aromatic carbocycles. The number of carbonyl (C=O) groups excluding carboxylic acids is 1. The van der Waals surface area contributed by atoms with Gasteiger partial charge in [-0.05, 0) is 12.1 Å². The molecule has 0 aliphatic carbocycles. The van der Waals surface area contributed by atoms with Crippen molar-refractivity contribution >= 4 is 33.5 Å². The quantitative estimate of drug-likeness (QED) is 0.625. The summed E-state index contributed by atoms with van der Waals surface area (Å²) >= 11 is 8.81. The van der Waals surface area contributed by atoms with Crippen molar-refractivity contribution in [1.29, 1.82) is 0 Å². The van der Waals surface area contributed by atoms with Crippen LogP contribution in [0.2, 0.25) is 5.02 Å². The van der Waals surface area contributed by atoms with Gasteiger partial charge < -0.3 is 9.47 Å². The van der Waals surface area contributed by atoms with Crippen LogP contribution < -0.4 is 4.74 Å². The number of ether oxygens (including phenoxy) is 2. The second-order valence-corrected chi connectivity index (χ2v) is 3.93. The predicted molar refractivity (Wildman–Crippen MR) is 62.1 cm³/mol. The zero-order valence-electron chi connectivity index (χ0n) is 8.68. The summed E-state index contributed by atoms with van der Waals surface area (Å²) in [5, 5.41) is 0.280. The molecule has 94 valence electrons. The molecule has 0 radical (unpaired) electrons. The summed E-state index contributed by atoms with van der Waals surface area (Å²) in [4.78, 5) is 11.4. The molecule has 7 heteroatoms. The third-order valence-corrected chi connectivity index (χ3v) is 2.71. The van der Waals surface area contributed by atoms with Crippen LogP contribution in [0, 0.1) is 0 Å². The molecule has 0 bridgehead atoms. The van der Waals surface area contributed by atoms with Gasteiger partial charge in [-0.1, -0.05) is 27.5 Å². The van der Waals surface area contributed by atoms with Gasteiger partial charge in [0.1, 0.15) is 5.75 Å². The number of hydrogen-bond acceptors (Lipinski definition) is 3. The van der Waals surface area contributed by atoms with Crippen LogP contribution >= 0.6 is 27.5 Å². The van der Waals surface area contributed by atoms with E-state index in [0.717, 1.165) is 0 Å². The van der Waals surface area contributed by atoms with Crippen molar-refractivity contribution < 1.29 is 23.0 Å². The predicted octanol–water partition coefficient (Wildman–Crippen LogP) is 3.62. The molecular weight excluding hydrogens is 321 g/mol. The normalized spacial score (nSPS) is 10.5. The van der Waals surface area contributed by atoms with Crippen molar-refractivity contribution in [3.8, 4) is 5.75 Å². The van der Waals surface area contributed by atoms with E-state index in [4.69, 9.17) is 11.6 Å². The third kappa shape index (κ3) is 3.54. The molecule has 0 aromatic heterocycles. The van der Waals surface area contributed by atoms with Crippen molar-refractivity contribution in [3.05, 3.63) is 28.3 Å². The number of halogens is 4. The Morgan fingerprint density at radius 1 is 1.53 bits per heavy atom. The zero-order valence-corrected chi connectivity index (χ0v) is 11.0. The molecule has 0 atom stereocenters. The molecule has 0 spiro atoms. The summed E-state index contributed by atoms with van der Waals surface area (Å²) in [5.41, 5.74) is 0.356. The summed E-state index contributed by atoms with van der Waals surface area (Å²) in [6.07, 6.45) is 0. The maximum Gasteiger partial charge on any atom is 0.387 e. The molecule has 17 heavy (non-hydrogen) atoms. The topological polar surface area (TPSA) is 35.5 Å². The fraction of sp³-hybridized carbons (Fsp3) is 0.300. The van der Waals surface area contributed by atoms with Crippen molar-refractivity contribution in [3.63, 3.8) is 0 Å². The lowest BCUT2D eigenvalue weighted by Gasteiger charge is -2.13. The molecule has 3 nitrogen and oxygen atoms in total. The molecular formula is C10H8BrClF2O3. The Balaban J connectivity index is 3.29. The SMILES string of the molecule is COC(=O)c1cc(Cl)cc(OC(F)F)c1CBr. The monoisotopic (exact) mass is 328 g/mol. The first-order valence-corrected chi connectivity index (χ1v) is 5.91. The van der Waals surface area contributed by atoms with Crippen LogP contribution in [-0.2, 0) is 10.1 Å². The lowest BCUT2D eigenvalue weighted by Crippen LogP contribution is -2.09. The van der Waals surface area contributed by atoms with Gasteiger partial charge in [-0.2, -0.15) is 8.78 Å². The molecule has 0 fully saturated rings. The molecule has 0 saturated carbocycles. The highest BCUT2D eigenvalue weighted by Crippen LogP contribution is 2.31. The van der Waals surface area contributed by atoms with E-state index in [1.54, 1.807) is 0 Å². The lowest BCUT2D eigenvalue weighted by molar-refractivity contribution is -0.0503. The minimum atomic E-state index is -2.99. The minimum absolute atomic E-state index is 0.0903. The van der Waals surface area contributed by atoms with E-state index in [0.29, 0.717) is 0 Å². The van der Waals surface area contributed by atoms with Crippen LogP contribution in [0.25, 0.3) is 0 Å². The van der Waals surface area contributed by atoms with E-state index in [2.05, 4.69) is 25.4 Å². The number of rotatable bonds is 4. The first kappa shape index (κ1) is 14.2. The summed E-state index contributed by atoms with van der Waals surface area (Å²) in [7, 11) is 1.19. The summed E-state index contributed by atoms with van der Waals surface area (Å²) in [6, 6.07) is 2.55. The van der Waals surface area contributed by atoms with Crippen molar-refractivity contribution in [2.45, 2.75) is 11.9 Å². The Morgan fingerprint density at radius 3 is 2.65 bits per heavy atom. The number of carbonyl (C=O) groups is 1. The molecule has 0 amide bonds. The van der Waals surface area contributed by atoms with Gasteiger partial charge in [0, 0.05) is 15.9 Å². The Hall–Kier alpha value is -0.880. The number of hydrogen-bond donors (Lipinski definition) is 0. The van der Waals surface area contributed by atoms with Gasteiger partial charge in [0.05, 0.1) is 12.7 Å². The molecule has 0 aliphatic rings. The molecule has 0 heterocycles. The molecule has 0 aliphatic heterocycles. The first-order chi connectivity index (χ1) is 7.99. The van der Waals surface area contributed by atoms with E-state index in [9.17, 15) is 13.6 Å². The summed E-state index contributed by atoms with van der Waals surface area (Å²) < 4.78 is 33.2. The van der Waals surface area contributed by atoms with Crippen LogP contribution in [0.15, 0.2) is 12.1 Å². The van der Waals surface area contributed by atoms with Crippen LogP contribution in [0.5, 0.6) is 5.75 Å². The minimum Gasteiger partial charge on any atom is -0.465 e. The van der Waals surface area contributed by atoms with Gasteiger partial charge in [-0.25, -0.2) is 4.79 Å². The van der Waals surface area contributed by atoms with Crippen LogP contribution in [0.3, 0.4) is 0 Å². The zero-order chi connectivity index (χ0) is 13.0. The molecule has 0 saturated heterocycles. The average Bonchev–Trinajstić information content (AvgIpc) is 2.26. The standard InChI is InChI=1S/C10H8BrClF2O3/c1-16-9(15)6-2-5(12)3-8(7(6)4-11)17-10(13)14/h2-3,10H,4H2,1H3. The highest BCUT2D eigenvalue weighted by molar-refractivity contribution is 9.08. The molecule has 0 N–H and O–H groups in total. The van der Waals surface area contributed by atoms with Crippen molar-refractivity contribution in [2.24, 2.45) is 0 Å². The van der Waals surface area contributed by atoms with Gasteiger partial charge in [0.25, 0.3) is 0 Å². The highest BCUT2D eigenvalue weighted by Gasteiger charge is 2.19. The maximum absolute atomic E-state index is 12.2. The first-order valence-electron chi connectivity index (χ1n) is 4.41. The maximum atomic E-state index is 12.2. The van der Waals surface area contributed by atoms with Gasteiger partial charge in [-0.3, -0.25) is 0 Å². The number of benzene rings is 1. The smallest absolute Gasteiger partial charge is 0.387 e. The second kappa shape index (κ2) is 6.16. The van der Waals surface area contributed by atoms with Crippen molar-refractivity contribution in [1.82, 2.24) is 0 Å². The van der Waals surface area contributed by atoms with Crippen LogP contribution in [-0.4, -0.2) is 19.7 Å². The van der Waals surface area contributed by atoms with Gasteiger partial charge in [-0.15, -0.1) is 0 Å². The molecule has 1 rings (SSSR count). The van der Waals surface area contributed by atoms with Crippen LogP contribution in [0.1, 0.15) is 15.9 Å². The number of methoxy groups -OCH3 is 1. The lowest BCUT2D eigenvalue weighted by atomic mass is 10.1. The number of alkyl halides is 3. The second-order valence-electron chi connectivity index (χ2n) is 2.93. The Morgan fingerprint density at radius 2 is 2.18 bits per heavy atom. The Labute approximate surface area is 110 Å². The van der Waals surface area contributed by atoms with Gasteiger partial charge >= 0.3 is 12.6 Å². The van der Waals surface area contributed by atoms with Gasteiger partial charge in [0.2, 0.25) is 0 Å². The Kier molecular flexibility index (Phi) is 5.14. The molecule has 1 aromatic rings. The Bertz CT molecular complexity index is 426. The fourth-order valence-electron chi connectivity index (χ4n) is 1.24. The van der Waals surface area contributed by atoms with Crippen LogP contribution in [0.4, 0.5) is 8.78 Å². The van der Waals surface area contributed by atoms with Gasteiger partial charge in [0.15, 0.2) is 0 Å². The molecule has 0 unspecified atom stereocenters. The summed E-state index contributed by atoms with van der Waals surface area (Å²) in [6.45, 7) is -2.99. The largest absolute Gasteiger partial charge is 0.465 e. The summed E-state index contributed by atoms with van der Waals surface area (Å²) in [5.74, 6) is -0.814. The van der Waals surface area contributed by atoms with E-state index in [-0.39, 0.29) is 27.2 Å². The highest BCUT2D eigenvalue weighted by atomic mass is 79.9. The number of esters is 1. The van der Waals surface area contributed by atoms with E-state index >= 15 is 0 Å². The third-order valence-electron chi connectivity index (χ3n) is 1.93.